The van der Waals surface area contributed by atoms with Crippen LogP contribution in [0, 0.1) is 5.92 Å². The molecule has 1 saturated heterocycles. The van der Waals surface area contributed by atoms with Gasteiger partial charge in [-0.05, 0) is 41.9 Å². The number of carbonyl (C=O) groups excluding carboxylic acids is 2. The predicted octanol–water partition coefficient (Wildman–Crippen LogP) is 4.27. The van der Waals surface area contributed by atoms with Crippen molar-refractivity contribution in [3.05, 3.63) is 47.5 Å². The largest absolute Gasteiger partial charge is 0.436 e. The topological polar surface area (TPSA) is 63.4 Å². The average Bonchev–Trinajstić information content (AvgIpc) is 3.19. The third-order valence-corrected chi connectivity index (χ3v) is 4.87. The number of aromatic nitrogens is 1. The summed E-state index contributed by atoms with van der Waals surface area (Å²) in [7, 11) is 0. The van der Waals surface area contributed by atoms with Gasteiger partial charge in [-0.15, -0.1) is 0 Å². The number of benzene rings is 2. The van der Waals surface area contributed by atoms with Gasteiger partial charge in [-0.1, -0.05) is 23.7 Å². The molecule has 0 spiro atoms. The van der Waals surface area contributed by atoms with Crippen LogP contribution in [0.4, 0.5) is 5.69 Å². The number of hydrogen-bond acceptors (Lipinski definition) is 4. The monoisotopic (exact) mass is 374 g/mol. The van der Waals surface area contributed by atoms with Crippen LogP contribution in [0.5, 0.6) is 0 Å². The number of halogens is 2. The summed E-state index contributed by atoms with van der Waals surface area (Å²) < 4.78 is 5.76. The van der Waals surface area contributed by atoms with Crippen molar-refractivity contribution >= 4 is 51.1 Å². The number of carbonyl (C=O) groups is 2. The van der Waals surface area contributed by atoms with Crippen LogP contribution in [-0.2, 0) is 9.59 Å². The zero-order chi connectivity index (χ0) is 17.6. The Labute approximate surface area is 153 Å². The van der Waals surface area contributed by atoms with E-state index in [9.17, 15) is 9.59 Å². The van der Waals surface area contributed by atoms with Crippen molar-refractivity contribution in [3.63, 3.8) is 0 Å². The van der Waals surface area contributed by atoms with Crippen LogP contribution in [0.1, 0.15) is 6.42 Å². The quantitative estimate of drug-likeness (QED) is 0.642. The lowest BCUT2D eigenvalue weighted by molar-refractivity contribution is -0.120. The van der Waals surface area contributed by atoms with Gasteiger partial charge in [-0.25, -0.2) is 4.98 Å². The molecular formula is C18H12Cl2N2O3. The van der Waals surface area contributed by atoms with Gasteiger partial charge in [0.05, 0.1) is 16.5 Å². The lowest BCUT2D eigenvalue weighted by Gasteiger charge is -2.17. The Hall–Kier alpha value is -2.37. The average molecular weight is 375 g/mol. The first-order chi connectivity index (χ1) is 12.0. The van der Waals surface area contributed by atoms with Crippen molar-refractivity contribution in [2.75, 3.05) is 11.4 Å². The number of hydrogen-bond donors (Lipinski definition) is 0. The molecule has 2 heterocycles. The Kier molecular flexibility index (Phi) is 3.98. The molecule has 0 aliphatic carbocycles. The normalized spacial score (nSPS) is 17.4. The third kappa shape index (κ3) is 2.90. The van der Waals surface area contributed by atoms with Gasteiger partial charge in [-0.3, -0.25) is 9.59 Å². The fourth-order valence-electron chi connectivity index (χ4n) is 2.94. The number of anilines is 1. The maximum Gasteiger partial charge on any atom is 0.228 e. The maximum atomic E-state index is 12.2. The minimum atomic E-state index is -0.496. The van der Waals surface area contributed by atoms with Gasteiger partial charge in [0.25, 0.3) is 0 Å². The summed E-state index contributed by atoms with van der Waals surface area (Å²) in [6.07, 6.45) is 0.114. The fourth-order valence-corrected chi connectivity index (χ4v) is 3.29. The molecule has 7 heteroatoms. The van der Waals surface area contributed by atoms with Gasteiger partial charge in [0, 0.05) is 18.7 Å². The smallest absolute Gasteiger partial charge is 0.228 e. The molecule has 1 fully saturated rings. The number of nitrogens with zero attached hydrogens (tertiary/aromatic N) is 2. The van der Waals surface area contributed by atoms with E-state index in [0.29, 0.717) is 27.7 Å². The van der Waals surface area contributed by atoms with Crippen LogP contribution in [0.15, 0.2) is 46.9 Å². The van der Waals surface area contributed by atoms with Crippen LogP contribution < -0.4 is 4.90 Å². The highest BCUT2D eigenvalue weighted by atomic mass is 35.5. The minimum absolute atomic E-state index is 0.114. The van der Waals surface area contributed by atoms with Gasteiger partial charge in [0.15, 0.2) is 5.58 Å². The zero-order valence-electron chi connectivity index (χ0n) is 12.9. The molecule has 1 atom stereocenters. The van der Waals surface area contributed by atoms with Crippen LogP contribution >= 0.6 is 23.2 Å². The molecule has 0 bridgehead atoms. The first kappa shape index (κ1) is 16.1. The Morgan fingerprint density at radius 1 is 1.24 bits per heavy atom. The standard InChI is InChI=1S/C18H12Cl2N2O3/c19-13-6-5-11(22-9-10(17(20)24)7-16(22)23)8-12(13)18-21-14-3-1-2-4-15(14)25-18/h1-6,8,10H,7,9H2/t10-/m0/s1. The SMILES string of the molecule is O=C(Cl)[C@H]1CC(=O)N(c2ccc(Cl)c(-c3nc4ccccc4o3)c2)C1. The molecule has 4 rings (SSSR count). The molecule has 3 aromatic rings. The van der Waals surface area contributed by atoms with E-state index in [4.69, 9.17) is 27.6 Å². The van der Waals surface area contributed by atoms with Crippen molar-refractivity contribution in [1.29, 1.82) is 0 Å². The summed E-state index contributed by atoms with van der Waals surface area (Å²) in [4.78, 5) is 29.5. The van der Waals surface area contributed by atoms with E-state index in [1.807, 2.05) is 24.3 Å². The number of amides is 1. The third-order valence-electron chi connectivity index (χ3n) is 4.23. The summed E-state index contributed by atoms with van der Waals surface area (Å²) in [5, 5.41) is -0.0316. The van der Waals surface area contributed by atoms with Crippen LogP contribution in [0.3, 0.4) is 0 Å². The summed E-state index contributed by atoms with van der Waals surface area (Å²) in [5.74, 6) is -0.257. The molecule has 0 radical (unpaired) electrons. The maximum absolute atomic E-state index is 12.2. The lowest BCUT2D eigenvalue weighted by atomic mass is 10.1. The van der Waals surface area contributed by atoms with E-state index >= 15 is 0 Å². The first-order valence-corrected chi connectivity index (χ1v) is 8.44. The molecular weight excluding hydrogens is 363 g/mol. The summed E-state index contributed by atoms with van der Waals surface area (Å²) in [6, 6.07) is 12.6. The van der Waals surface area contributed by atoms with E-state index in [2.05, 4.69) is 4.98 Å². The molecule has 1 aliphatic rings. The molecule has 25 heavy (non-hydrogen) atoms. The van der Waals surface area contributed by atoms with Crippen molar-refractivity contribution in [2.24, 2.45) is 5.92 Å². The number of fused-ring (bicyclic) bond motifs is 1. The second-order valence-electron chi connectivity index (χ2n) is 5.86. The number of oxazole rings is 1. The van der Waals surface area contributed by atoms with Crippen molar-refractivity contribution < 1.29 is 14.0 Å². The molecule has 126 valence electrons. The fraction of sp³-hybridized carbons (Fsp3) is 0.167. The Morgan fingerprint density at radius 2 is 2.04 bits per heavy atom. The lowest BCUT2D eigenvalue weighted by Crippen LogP contribution is -2.25. The second kappa shape index (κ2) is 6.17. The molecule has 0 unspecified atom stereocenters. The molecule has 2 aromatic carbocycles. The van der Waals surface area contributed by atoms with Gasteiger partial charge >= 0.3 is 0 Å². The molecule has 1 aliphatic heterocycles. The minimum Gasteiger partial charge on any atom is -0.436 e. The summed E-state index contributed by atoms with van der Waals surface area (Å²) in [6.45, 7) is 0.260. The van der Waals surface area contributed by atoms with Crippen molar-refractivity contribution in [2.45, 2.75) is 6.42 Å². The Balaban J connectivity index is 1.74. The van der Waals surface area contributed by atoms with E-state index in [1.165, 1.54) is 4.90 Å². The molecule has 5 nitrogen and oxygen atoms in total. The van der Waals surface area contributed by atoms with E-state index in [1.54, 1.807) is 18.2 Å². The van der Waals surface area contributed by atoms with Crippen LogP contribution in [0.25, 0.3) is 22.6 Å². The Morgan fingerprint density at radius 3 is 2.76 bits per heavy atom. The van der Waals surface area contributed by atoms with Crippen molar-refractivity contribution in [1.82, 2.24) is 4.98 Å². The Bertz CT molecular complexity index is 966. The van der Waals surface area contributed by atoms with Gasteiger partial charge in [0.1, 0.15) is 5.52 Å². The molecule has 1 aromatic heterocycles. The van der Waals surface area contributed by atoms with Crippen LogP contribution in [0.2, 0.25) is 5.02 Å². The van der Waals surface area contributed by atoms with E-state index in [-0.39, 0.29) is 18.9 Å². The van der Waals surface area contributed by atoms with Gasteiger partial charge in [0.2, 0.25) is 17.0 Å². The summed E-state index contributed by atoms with van der Waals surface area (Å²) in [5.41, 5.74) is 2.60. The zero-order valence-corrected chi connectivity index (χ0v) is 14.4. The van der Waals surface area contributed by atoms with Gasteiger partial charge in [-0.2, -0.15) is 0 Å². The van der Waals surface area contributed by atoms with Crippen molar-refractivity contribution in [3.8, 4) is 11.5 Å². The highest BCUT2D eigenvalue weighted by Gasteiger charge is 2.34. The highest BCUT2D eigenvalue weighted by molar-refractivity contribution is 6.64. The molecule has 0 saturated carbocycles. The van der Waals surface area contributed by atoms with E-state index in [0.717, 1.165) is 5.52 Å². The predicted molar refractivity (Wildman–Crippen MR) is 95.8 cm³/mol. The second-order valence-corrected chi connectivity index (χ2v) is 6.64. The van der Waals surface area contributed by atoms with Gasteiger partial charge < -0.3 is 9.32 Å². The van der Waals surface area contributed by atoms with E-state index < -0.39 is 11.2 Å². The first-order valence-electron chi connectivity index (χ1n) is 7.68. The molecule has 0 N–H and O–H groups in total. The summed E-state index contributed by atoms with van der Waals surface area (Å²) >= 11 is 11.8. The number of rotatable bonds is 3. The number of para-hydroxylation sites is 2. The highest BCUT2D eigenvalue weighted by Crippen LogP contribution is 2.35. The molecule has 1 amide bonds. The van der Waals surface area contributed by atoms with Crippen LogP contribution in [-0.4, -0.2) is 22.7 Å².